The van der Waals surface area contributed by atoms with Gasteiger partial charge in [0.15, 0.2) is 0 Å². The van der Waals surface area contributed by atoms with Crippen LogP contribution in [0.2, 0.25) is 0 Å². The number of aromatic nitrogens is 2. The van der Waals surface area contributed by atoms with Crippen LogP contribution in [0, 0.1) is 0 Å². The van der Waals surface area contributed by atoms with E-state index in [2.05, 4.69) is 63.2 Å². The summed E-state index contributed by atoms with van der Waals surface area (Å²) in [5, 5.41) is 0. The van der Waals surface area contributed by atoms with E-state index in [9.17, 15) is 0 Å². The lowest BCUT2D eigenvalue weighted by Crippen LogP contribution is -2.28. The molecule has 0 fully saturated rings. The Morgan fingerprint density at radius 2 is 1.87 bits per heavy atom. The van der Waals surface area contributed by atoms with E-state index < -0.39 is 0 Å². The van der Waals surface area contributed by atoms with Crippen molar-refractivity contribution in [1.29, 1.82) is 0 Å². The Labute approximate surface area is 185 Å². The quantitative estimate of drug-likeness (QED) is 0.468. The average molecular weight is 417 g/mol. The SMILES string of the molecule is CN1CCc2cccc(OCCCN(CCc3cccnc3)Cc3ccncc3)c2C1. The fourth-order valence-electron chi connectivity index (χ4n) is 4.14. The van der Waals surface area contributed by atoms with Crippen molar-refractivity contribution in [2.24, 2.45) is 0 Å². The van der Waals surface area contributed by atoms with Gasteiger partial charge in [0, 0.05) is 63.1 Å². The largest absolute Gasteiger partial charge is 0.493 e. The van der Waals surface area contributed by atoms with Crippen LogP contribution in [0.3, 0.4) is 0 Å². The van der Waals surface area contributed by atoms with Crippen molar-refractivity contribution in [3.8, 4) is 5.75 Å². The highest BCUT2D eigenvalue weighted by Gasteiger charge is 2.17. The van der Waals surface area contributed by atoms with E-state index in [0.29, 0.717) is 0 Å². The monoisotopic (exact) mass is 416 g/mol. The Kier molecular flexibility index (Phi) is 7.64. The number of pyridine rings is 2. The predicted octanol–water partition coefficient (Wildman–Crippen LogP) is 3.98. The van der Waals surface area contributed by atoms with Crippen LogP contribution in [-0.2, 0) is 25.9 Å². The molecule has 0 spiro atoms. The van der Waals surface area contributed by atoms with Crippen LogP contribution < -0.4 is 4.74 Å². The normalized spacial score (nSPS) is 13.9. The molecule has 5 nitrogen and oxygen atoms in total. The summed E-state index contributed by atoms with van der Waals surface area (Å²) in [5.74, 6) is 1.06. The third-order valence-corrected chi connectivity index (χ3v) is 5.89. The summed E-state index contributed by atoms with van der Waals surface area (Å²) in [7, 11) is 2.18. The minimum Gasteiger partial charge on any atom is -0.493 e. The molecule has 1 aliphatic heterocycles. The number of ether oxygens (including phenoxy) is 1. The van der Waals surface area contributed by atoms with Gasteiger partial charge in [-0.2, -0.15) is 0 Å². The Balaban J connectivity index is 1.32. The number of likely N-dealkylation sites (N-methyl/N-ethyl adjacent to an activating group) is 1. The summed E-state index contributed by atoms with van der Waals surface area (Å²) >= 11 is 0. The zero-order valence-electron chi connectivity index (χ0n) is 18.4. The Hall–Kier alpha value is -2.76. The maximum absolute atomic E-state index is 6.24. The Morgan fingerprint density at radius 3 is 2.71 bits per heavy atom. The van der Waals surface area contributed by atoms with Crippen molar-refractivity contribution in [3.05, 3.63) is 89.5 Å². The lowest BCUT2D eigenvalue weighted by Gasteiger charge is -2.27. The molecule has 0 saturated carbocycles. The molecule has 0 aliphatic carbocycles. The van der Waals surface area contributed by atoms with E-state index in [-0.39, 0.29) is 0 Å². The summed E-state index contributed by atoms with van der Waals surface area (Å²) in [6, 6.07) is 14.8. The molecule has 0 saturated heterocycles. The van der Waals surface area contributed by atoms with E-state index >= 15 is 0 Å². The first-order chi connectivity index (χ1) is 15.3. The van der Waals surface area contributed by atoms with Gasteiger partial charge in [-0.05, 0) is 67.3 Å². The third kappa shape index (κ3) is 6.36. The smallest absolute Gasteiger partial charge is 0.124 e. The molecule has 0 atom stereocenters. The van der Waals surface area contributed by atoms with Crippen LogP contribution >= 0.6 is 0 Å². The number of hydrogen-bond donors (Lipinski definition) is 0. The standard InChI is InChI=1S/C26H32N4O/c1-29-16-11-24-6-2-7-26(25(24)21-29)31-18-4-15-30(20-23-8-13-27-14-9-23)17-10-22-5-3-12-28-19-22/h2-3,5-9,12-14,19H,4,10-11,15-18,20-21H2,1H3. The fraction of sp³-hybridized carbons (Fsp3) is 0.385. The summed E-state index contributed by atoms with van der Waals surface area (Å²) < 4.78 is 6.24. The van der Waals surface area contributed by atoms with Gasteiger partial charge in [-0.15, -0.1) is 0 Å². The van der Waals surface area contributed by atoms with Crippen molar-refractivity contribution in [3.63, 3.8) is 0 Å². The van der Waals surface area contributed by atoms with Gasteiger partial charge in [-0.25, -0.2) is 0 Å². The molecule has 2 aromatic heterocycles. The molecule has 1 aliphatic rings. The van der Waals surface area contributed by atoms with Gasteiger partial charge in [0.1, 0.15) is 5.75 Å². The average Bonchev–Trinajstić information content (AvgIpc) is 2.81. The van der Waals surface area contributed by atoms with Gasteiger partial charge < -0.3 is 9.64 Å². The molecule has 5 heteroatoms. The van der Waals surface area contributed by atoms with E-state index in [1.807, 2.05) is 30.9 Å². The van der Waals surface area contributed by atoms with E-state index in [1.54, 1.807) is 0 Å². The molecule has 3 aromatic rings. The van der Waals surface area contributed by atoms with Gasteiger partial charge in [0.25, 0.3) is 0 Å². The number of fused-ring (bicyclic) bond motifs is 1. The number of benzene rings is 1. The van der Waals surface area contributed by atoms with E-state index in [0.717, 1.165) is 64.3 Å². The van der Waals surface area contributed by atoms with Gasteiger partial charge in [0.2, 0.25) is 0 Å². The molecule has 0 radical (unpaired) electrons. The van der Waals surface area contributed by atoms with Crippen molar-refractivity contribution in [2.45, 2.75) is 32.4 Å². The van der Waals surface area contributed by atoms with Gasteiger partial charge >= 0.3 is 0 Å². The first-order valence-electron chi connectivity index (χ1n) is 11.2. The molecule has 0 bridgehead atoms. The second-order valence-corrected chi connectivity index (χ2v) is 8.33. The molecular formula is C26H32N4O. The van der Waals surface area contributed by atoms with Crippen LogP contribution in [0.5, 0.6) is 5.75 Å². The van der Waals surface area contributed by atoms with Gasteiger partial charge in [-0.1, -0.05) is 18.2 Å². The minimum atomic E-state index is 0.736. The minimum absolute atomic E-state index is 0.736. The molecule has 0 unspecified atom stereocenters. The molecule has 1 aromatic carbocycles. The summed E-state index contributed by atoms with van der Waals surface area (Å²) in [6.07, 6.45) is 10.6. The van der Waals surface area contributed by atoms with Crippen LogP contribution in [-0.4, -0.2) is 53.1 Å². The topological polar surface area (TPSA) is 41.5 Å². The summed E-state index contributed by atoms with van der Waals surface area (Å²) in [6.45, 7) is 5.76. The van der Waals surface area contributed by atoms with Crippen LogP contribution in [0.25, 0.3) is 0 Å². The van der Waals surface area contributed by atoms with Crippen LogP contribution in [0.1, 0.15) is 28.7 Å². The maximum Gasteiger partial charge on any atom is 0.124 e. The zero-order valence-corrected chi connectivity index (χ0v) is 18.4. The van der Waals surface area contributed by atoms with Crippen LogP contribution in [0.4, 0.5) is 0 Å². The highest BCUT2D eigenvalue weighted by atomic mass is 16.5. The van der Waals surface area contributed by atoms with Gasteiger partial charge in [0.05, 0.1) is 6.61 Å². The Morgan fingerprint density at radius 1 is 0.968 bits per heavy atom. The molecule has 0 amide bonds. The van der Waals surface area contributed by atoms with Crippen LogP contribution in [0.15, 0.2) is 67.3 Å². The summed E-state index contributed by atoms with van der Waals surface area (Å²) in [4.78, 5) is 13.3. The fourth-order valence-corrected chi connectivity index (χ4v) is 4.14. The third-order valence-electron chi connectivity index (χ3n) is 5.89. The highest BCUT2D eigenvalue weighted by Crippen LogP contribution is 2.27. The van der Waals surface area contributed by atoms with Crippen molar-refractivity contribution >= 4 is 0 Å². The van der Waals surface area contributed by atoms with E-state index in [1.165, 1.54) is 22.3 Å². The first-order valence-corrected chi connectivity index (χ1v) is 11.2. The Bertz CT molecular complexity index is 933. The van der Waals surface area contributed by atoms with Crippen molar-refractivity contribution in [2.75, 3.05) is 33.3 Å². The first kappa shape index (κ1) is 21.5. The molecule has 0 N–H and O–H groups in total. The van der Waals surface area contributed by atoms with Crippen molar-refractivity contribution < 1.29 is 4.74 Å². The number of hydrogen-bond acceptors (Lipinski definition) is 5. The lowest BCUT2D eigenvalue weighted by molar-refractivity contribution is 0.226. The highest BCUT2D eigenvalue weighted by molar-refractivity contribution is 5.41. The second kappa shape index (κ2) is 11.0. The molecule has 3 heterocycles. The van der Waals surface area contributed by atoms with E-state index in [4.69, 9.17) is 4.74 Å². The summed E-state index contributed by atoms with van der Waals surface area (Å²) in [5.41, 5.74) is 5.37. The molecule has 31 heavy (non-hydrogen) atoms. The number of rotatable bonds is 10. The molecule has 162 valence electrons. The predicted molar refractivity (Wildman–Crippen MR) is 124 cm³/mol. The second-order valence-electron chi connectivity index (χ2n) is 8.33. The molecular weight excluding hydrogens is 384 g/mol. The number of nitrogens with zero attached hydrogens (tertiary/aromatic N) is 4. The molecule has 4 rings (SSSR count). The lowest BCUT2D eigenvalue weighted by atomic mass is 9.99. The van der Waals surface area contributed by atoms with Crippen molar-refractivity contribution in [1.82, 2.24) is 19.8 Å². The zero-order chi connectivity index (χ0) is 21.3. The maximum atomic E-state index is 6.24. The van der Waals surface area contributed by atoms with Gasteiger partial charge in [-0.3, -0.25) is 14.9 Å².